The van der Waals surface area contributed by atoms with E-state index < -0.39 is 0 Å². The summed E-state index contributed by atoms with van der Waals surface area (Å²) in [7, 11) is 0. The maximum Gasteiger partial charge on any atom is 0.129 e. The second-order valence-corrected chi connectivity index (χ2v) is 5.38. The van der Waals surface area contributed by atoms with Gasteiger partial charge < -0.3 is 10.4 Å². The van der Waals surface area contributed by atoms with E-state index in [-0.39, 0.29) is 18.0 Å². The van der Waals surface area contributed by atoms with Gasteiger partial charge in [0.05, 0.1) is 6.10 Å². The Kier molecular flexibility index (Phi) is 4.36. The van der Waals surface area contributed by atoms with Gasteiger partial charge in [-0.05, 0) is 43.4 Å². The van der Waals surface area contributed by atoms with Crippen molar-refractivity contribution < 1.29 is 9.50 Å². The van der Waals surface area contributed by atoms with Crippen molar-refractivity contribution in [1.82, 2.24) is 5.32 Å². The molecule has 1 aromatic rings. The molecular formula is C15H22FNO. The van der Waals surface area contributed by atoms with Crippen molar-refractivity contribution in [3.05, 3.63) is 34.6 Å². The van der Waals surface area contributed by atoms with Gasteiger partial charge in [-0.1, -0.05) is 25.0 Å². The highest BCUT2D eigenvalue weighted by Gasteiger charge is 2.22. The summed E-state index contributed by atoms with van der Waals surface area (Å²) in [5.41, 5.74) is 2.47. The molecule has 1 aliphatic carbocycles. The van der Waals surface area contributed by atoms with E-state index in [1.807, 2.05) is 12.1 Å². The fourth-order valence-electron chi connectivity index (χ4n) is 2.74. The minimum atomic E-state index is -0.235. The number of hydrogen-bond acceptors (Lipinski definition) is 2. The molecular weight excluding hydrogens is 229 g/mol. The summed E-state index contributed by atoms with van der Waals surface area (Å²) in [5.74, 6) is -0.114. The van der Waals surface area contributed by atoms with Crippen molar-refractivity contribution in [3.63, 3.8) is 0 Å². The normalized spacial score (nSPS) is 24.2. The topological polar surface area (TPSA) is 32.3 Å². The Morgan fingerprint density at radius 3 is 2.44 bits per heavy atom. The van der Waals surface area contributed by atoms with Crippen LogP contribution in [0.3, 0.4) is 0 Å². The first-order chi connectivity index (χ1) is 8.58. The van der Waals surface area contributed by atoms with Gasteiger partial charge in [0.15, 0.2) is 0 Å². The van der Waals surface area contributed by atoms with Crippen LogP contribution >= 0.6 is 0 Å². The Hall–Kier alpha value is -0.930. The molecule has 1 aliphatic rings. The molecule has 2 N–H and O–H groups in total. The fraction of sp³-hybridized carbons (Fsp3) is 0.600. The summed E-state index contributed by atoms with van der Waals surface area (Å²) in [6.45, 7) is 4.28. The van der Waals surface area contributed by atoms with E-state index in [0.717, 1.165) is 24.8 Å². The molecule has 100 valence electrons. The third-order valence-corrected chi connectivity index (χ3v) is 3.79. The number of hydrogen-bond donors (Lipinski definition) is 2. The third-order valence-electron chi connectivity index (χ3n) is 3.79. The molecule has 0 spiro atoms. The maximum absolute atomic E-state index is 13.5. The molecule has 3 heteroatoms. The molecule has 2 atom stereocenters. The van der Waals surface area contributed by atoms with Crippen LogP contribution in [0.4, 0.5) is 4.39 Å². The molecule has 1 aromatic carbocycles. The van der Waals surface area contributed by atoms with E-state index in [0.29, 0.717) is 17.7 Å². The van der Waals surface area contributed by atoms with Gasteiger partial charge in [0.2, 0.25) is 0 Å². The predicted molar refractivity (Wildman–Crippen MR) is 71.0 cm³/mol. The zero-order valence-corrected chi connectivity index (χ0v) is 11.2. The van der Waals surface area contributed by atoms with Crippen LogP contribution in [-0.2, 0) is 6.54 Å². The molecule has 0 bridgehead atoms. The summed E-state index contributed by atoms with van der Waals surface area (Å²) in [6, 6.07) is 3.94. The Bertz CT molecular complexity index is 396. The Morgan fingerprint density at radius 2 is 1.83 bits per heavy atom. The van der Waals surface area contributed by atoms with E-state index in [4.69, 9.17) is 0 Å². The molecule has 0 aromatic heterocycles. The number of aliphatic hydroxyl groups is 1. The van der Waals surface area contributed by atoms with Crippen molar-refractivity contribution >= 4 is 0 Å². The first kappa shape index (κ1) is 13.5. The van der Waals surface area contributed by atoms with Crippen LogP contribution in [0.2, 0.25) is 0 Å². The summed E-state index contributed by atoms with van der Waals surface area (Å²) >= 11 is 0. The lowest BCUT2D eigenvalue weighted by Gasteiger charge is -2.28. The number of nitrogens with one attached hydrogen (secondary N) is 1. The Morgan fingerprint density at radius 1 is 1.22 bits per heavy atom. The third kappa shape index (κ3) is 3.09. The standard InChI is InChI=1S/C15H22FNO/c1-10-7-12(8-11(2)15(10)16)9-17-13-5-3-4-6-14(13)18/h7-8,13-14,17-18H,3-6,9H2,1-2H3/t13-,14-/m1/s1. The highest BCUT2D eigenvalue weighted by molar-refractivity contribution is 5.30. The molecule has 0 amide bonds. The van der Waals surface area contributed by atoms with Gasteiger partial charge in [-0.15, -0.1) is 0 Å². The summed E-state index contributed by atoms with van der Waals surface area (Å²) in [6.07, 6.45) is 3.98. The minimum Gasteiger partial charge on any atom is -0.392 e. The van der Waals surface area contributed by atoms with Crippen molar-refractivity contribution in [2.45, 2.75) is 58.2 Å². The summed E-state index contributed by atoms with van der Waals surface area (Å²) in [5, 5.41) is 13.3. The fourth-order valence-corrected chi connectivity index (χ4v) is 2.74. The zero-order chi connectivity index (χ0) is 13.1. The second-order valence-electron chi connectivity index (χ2n) is 5.38. The predicted octanol–water partition coefficient (Wildman–Crippen LogP) is 2.84. The lowest BCUT2D eigenvalue weighted by Crippen LogP contribution is -2.41. The SMILES string of the molecule is Cc1cc(CN[C@@H]2CCCC[C@H]2O)cc(C)c1F. The smallest absolute Gasteiger partial charge is 0.129 e. The average molecular weight is 251 g/mol. The lowest BCUT2D eigenvalue weighted by atomic mass is 9.92. The Labute approximate surface area is 108 Å². The highest BCUT2D eigenvalue weighted by atomic mass is 19.1. The zero-order valence-electron chi connectivity index (χ0n) is 11.2. The molecule has 0 aliphatic heterocycles. The average Bonchev–Trinajstić information content (AvgIpc) is 2.35. The minimum absolute atomic E-state index is 0.114. The molecule has 2 nitrogen and oxygen atoms in total. The highest BCUT2D eigenvalue weighted by Crippen LogP contribution is 2.19. The Balaban J connectivity index is 1.97. The first-order valence-electron chi connectivity index (χ1n) is 6.75. The lowest BCUT2D eigenvalue weighted by molar-refractivity contribution is 0.0902. The van der Waals surface area contributed by atoms with Crippen LogP contribution in [0.25, 0.3) is 0 Å². The van der Waals surface area contributed by atoms with Crippen LogP contribution < -0.4 is 5.32 Å². The second kappa shape index (κ2) is 5.81. The molecule has 1 fully saturated rings. The van der Waals surface area contributed by atoms with Gasteiger partial charge >= 0.3 is 0 Å². The van der Waals surface area contributed by atoms with Gasteiger partial charge in [-0.3, -0.25) is 0 Å². The van der Waals surface area contributed by atoms with Gasteiger partial charge in [-0.25, -0.2) is 4.39 Å². The first-order valence-corrected chi connectivity index (χ1v) is 6.75. The van der Waals surface area contributed by atoms with Crippen LogP contribution in [0.5, 0.6) is 0 Å². The van der Waals surface area contributed by atoms with E-state index in [1.54, 1.807) is 13.8 Å². The molecule has 18 heavy (non-hydrogen) atoms. The number of benzene rings is 1. The number of rotatable bonds is 3. The maximum atomic E-state index is 13.5. The molecule has 0 unspecified atom stereocenters. The van der Waals surface area contributed by atoms with Gasteiger partial charge in [0.25, 0.3) is 0 Å². The van der Waals surface area contributed by atoms with Crippen molar-refractivity contribution in [1.29, 1.82) is 0 Å². The number of halogens is 1. The monoisotopic (exact) mass is 251 g/mol. The van der Waals surface area contributed by atoms with Crippen LogP contribution in [0, 0.1) is 19.7 Å². The molecule has 0 radical (unpaired) electrons. The van der Waals surface area contributed by atoms with Crippen molar-refractivity contribution in [2.75, 3.05) is 0 Å². The summed E-state index contributed by atoms with van der Waals surface area (Å²) in [4.78, 5) is 0. The van der Waals surface area contributed by atoms with Gasteiger partial charge in [0.1, 0.15) is 5.82 Å². The molecule has 1 saturated carbocycles. The number of aryl methyl sites for hydroxylation is 2. The van der Waals surface area contributed by atoms with E-state index >= 15 is 0 Å². The van der Waals surface area contributed by atoms with Gasteiger partial charge in [0, 0.05) is 12.6 Å². The van der Waals surface area contributed by atoms with Crippen molar-refractivity contribution in [2.24, 2.45) is 0 Å². The van der Waals surface area contributed by atoms with Crippen molar-refractivity contribution in [3.8, 4) is 0 Å². The summed E-state index contributed by atoms with van der Waals surface area (Å²) < 4.78 is 13.5. The largest absolute Gasteiger partial charge is 0.392 e. The van der Waals surface area contributed by atoms with E-state index in [2.05, 4.69) is 5.32 Å². The van der Waals surface area contributed by atoms with E-state index in [1.165, 1.54) is 6.42 Å². The molecule has 2 rings (SSSR count). The molecule has 0 heterocycles. The molecule has 0 saturated heterocycles. The van der Waals surface area contributed by atoms with Gasteiger partial charge in [-0.2, -0.15) is 0 Å². The van der Waals surface area contributed by atoms with E-state index in [9.17, 15) is 9.50 Å². The van der Waals surface area contributed by atoms with Crippen LogP contribution in [0.1, 0.15) is 42.4 Å². The van der Waals surface area contributed by atoms with Crippen LogP contribution in [0.15, 0.2) is 12.1 Å². The number of aliphatic hydroxyl groups excluding tert-OH is 1. The van der Waals surface area contributed by atoms with Crippen LogP contribution in [-0.4, -0.2) is 17.3 Å². The quantitative estimate of drug-likeness (QED) is 0.866.